The molecule has 5 heteroatoms. The van der Waals surface area contributed by atoms with Crippen LogP contribution in [0, 0.1) is 11.8 Å². The van der Waals surface area contributed by atoms with Crippen LogP contribution in [0.2, 0.25) is 0 Å². The van der Waals surface area contributed by atoms with Crippen molar-refractivity contribution in [1.29, 1.82) is 0 Å². The van der Waals surface area contributed by atoms with Gasteiger partial charge in [-0.15, -0.1) is 0 Å². The fourth-order valence-corrected chi connectivity index (χ4v) is 3.69. The van der Waals surface area contributed by atoms with Gasteiger partial charge < -0.3 is 4.90 Å². The van der Waals surface area contributed by atoms with E-state index in [4.69, 9.17) is 0 Å². The number of nitrogens with one attached hydrogen (secondary N) is 2. The molecule has 23 heavy (non-hydrogen) atoms. The van der Waals surface area contributed by atoms with E-state index < -0.39 is 0 Å². The van der Waals surface area contributed by atoms with Gasteiger partial charge in [0, 0.05) is 37.6 Å². The van der Waals surface area contributed by atoms with E-state index in [2.05, 4.69) is 29.7 Å². The number of hydrazine groups is 1. The molecule has 1 aromatic rings. The van der Waals surface area contributed by atoms with E-state index in [-0.39, 0.29) is 5.91 Å². The van der Waals surface area contributed by atoms with Crippen LogP contribution in [0.4, 0.5) is 0 Å². The standard InChI is InChI=1S/C18H28N4O/c1-13(2)16-12-17(21-20-16)15-5-9-22(10-6-15)18(23)11-14-3-7-19-8-4-14/h3-4,7-8,13,15-17,20-21H,5-6,9-12H2,1-2H3. The summed E-state index contributed by atoms with van der Waals surface area (Å²) in [7, 11) is 0. The molecule has 0 aliphatic carbocycles. The number of carbonyl (C=O) groups excluding carboxylic acids is 1. The third-order valence-electron chi connectivity index (χ3n) is 5.33. The highest BCUT2D eigenvalue weighted by atomic mass is 16.2. The van der Waals surface area contributed by atoms with Crippen LogP contribution in [-0.2, 0) is 11.2 Å². The van der Waals surface area contributed by atoms with Gasteiger partial charge in [-0.3, -0.25) is 20.6 Å². The zero-order chi connectivity index (χ0) is 16.2. The normalized spacial score (nSPS) is 26.0. The molecule has 3 rings (SSSR count). The Morgan fingerprint density at radius 3 is 2.57 bits per heavy atom. The molecule has 2 atom stereocenters. The fraction of sp³-hybridized carbons (Fsp3) is 0.667. The maximum Gasteiger partial charge on any atom is 0.226 e. The maximum atomic E-state index is 12.4. The minimum absolute atomic E-state index is 0.243. The monoisotopic (exact) mass is 316 g/mol. The molecular weight excluding hydrogens is 288 g/mol. The number of amides is 1. The summed E-state index contributed by atoms with van der Waals surface area (Å²) in [6.07, 6.45) is 7.40. The lowest BCUT2D eigenvalue weighted by molar-refractivity contribution is -0.132. The summed E-state index contributed by atoms with van der Waals surface area (Å²) in [6.45, 7) is 6.31. The lowest BCUT2D eigenvalue weighted by atomic mass is 9.85. The highest BCUT2D eigenvalue weighted by molar-refractivity contribution is 5.78. The molecule has 2 aliphatic rings. The van der Waals surface area contributed by atoms with Crippen LogP contribution in [0.3, 0.4) is 0 Å². The minimum atomic E-state index is 0.243. The number of piperidine rings is 1. The van der Waals surface area contributed by atoms with Gasteiger partial charge in [-0.1, -0.05) is 13.8 Å². The Kier molecular flexibility index (Phi) is 5.28. The first kappa shape index (κ1) is 16.4. The van der Waals surface area contributed by atoms with Gasteiger partial charge in [-0.05, 0) is 48.8 Å². The minimum Gasteiger partial charge on any atom is -0.342 e. The second-order valence-electron chi connectivity index (χ2n) is 7.23. The fourth-order valence-electron chi connectivity index (χ4n) is 3.69. The molecule has 1 aromatic heterocycles. The number of pyridine rings is 1. The predicted molar refractivity (Wildman–Crippen MR) is 90.5 cm³/mol. The second kappa shape index (κ2) is 7.41. The predicted octanol–water partition coefficient (Wildman–Crippen LogP) is 1.75. The van der Waals surface area contributed by atoms with Crippen LogP contribution < -0.4 is 10.9 Å². The van der Waals surface area contributed by atoms with Crippen molar-refractivity contribution in [2.45, 2.75) is 51.6 Å². The van der Waals surface area contributed by atoms with Gasteiger partial charge >= 0.3 is 0 Å². The van der Waals surface area contributed by atoms with Crippen LogP contribution in [-0.4, -0.2) is 41.0 Å². The molecule has 0 spiro atoms. The molecular formula is C18H28N4O. The molecule has 0 radical (unpaired) electrons. The van der Waals surface area contributed by atoms with Gasteiger partial charge in [-0.2, -0.15) is 0 Å². The average Bonchev–Trinajstić information content (AvgIpc) is 3.06. The van der Waals surface area contributed by atoms with Gasteiger partial charge in [0.25, 0.3) is 0 Å². The summed E-state index contributed by atoms with van der Waals surface area (Å²) in [4.78, 5) is 18.4. The van der Waals surface area contributed by atoms with Crippen molar-refractivity contribution in [2.24, 2.45) is 11.8 Å². The van der Waals surface area contributed by atoms with E-state index >= 15 is 0 Å². The summed E-state index contributed by atoms with van der Waals surface area (Å²) in [5, 5.41) is 0. The van der Waals surface area contributed by atoms with E-state index in [1.54, 1.807) is 12.4 Å². The molecule has 3 heterocycles. The highest BCUT2D eigenvalue weighted by Crippen LogP contribution is 2.27. The Morgan fingerprint density at radius 2 is 1.96 bits per heavy atom. The molecule has 0 bridgehead atoms. The van der Waals surface area contributed by atoms with Gasteiger partial charge in [0.1, 0.15) is 0 Å². The molecule has 2 saturated heterocycles. The Balaban J connectivity index is 1.46. The van der Waals surface area contributed by atoms with Crippen molar-refractivity contribution in [3.63, 3.8) is 0 Å². The van der Waals surface area contributed by atoms with Crippen molar-refractivity contribution < 1.29 is 4.79 Å². The quantitative estimate of drug-likeness (QED) is 0.889. The molecule has 126 valence electrons. The number of hydrogen-bond acceptors (Lipinski definition) is 4. The van der Waals surface area contributed by atoms with E-state index in [1.807, 2.05) is 17.0 Å². The lowest BCUT2D eigenvalue weighted by Crippen LogP contribution is -2.45. The van der Waals surface area contributed by atoms with Crippen molar-refractivity contribution in [3.8, 4) is 0 Å². The molecule has 0 aromatic carbocycles. The van der Waals surface area contributed by atoms with E-state index in [0.29, 0.717) is 30.3 Å². The third kappa shape index (κ3) is 4.09. The van der Waals surface area contributed by atoms with E-state index in [0.717, 1.165) is 31.5 Å². The molecule has 2 N–H and O–H groups in total. The van der Waals surface area contributed by atoms with Crippen LogP contribution in [0.5, 0.6) is 0 Å². The molecule has 2 unspecified atom stereocenters. The Bertz CT molecular complexity index is 511. The molecule has 0 saturated carbocycles. The summed E-state index contributed by atoms with van der Waals surface area (Å²) in [6, 6.07) is 4.97. The summed E-state index contributed by atoms with van der Waals surface area (Å²) in [5.41, 5.74) is 7.96. The van der Waals surface area contributed by atoms with Gasteiger partial charge in [0.05, 0.1) is 6.42 Å². The second-order valence-corrected chi connectivity index (χ2v) is 7.23. The van der Waals surface area contributed by atoms with Gasteiger partial charge in [0.2, 0.25) is 5.91 Å². The Labute approximate surface area is 138 Å². The van der Waals surface area contributed by atoms with Gasteiger partial charge in [-0.25, -0.2) is 0 Å². The number of carbonyl (C=O) groups is 1. The maximum absolute atomic E-state index is 12.4. The summed E-state index contributed by atoms with van der Waals surface area (Å²) >= 11 is 0. The van der Waals surface area contributed by atoms with Crippen LogP contribution in [0.1, 0.15) is 38.7 Å². The molecule has 2 aliphatic heterocycles. The Hall–Kier alpha value is -1.46. The first-order valence-electron chi connectivity index (χ1n) is 8.81. The smallest absolute Gasteiger partial charge is 0.226 e. The van der Waals surface area contributed by atoms with Crippen molar-refractivity contribution in [3.05, 3.63) is 30.1 Å². The zero-order valence-electron chi connectivity index (χ0n) is 14.2. The number of likely N-dealkylation sites (tertiary alicyclic amines) is 1. The summed E-state index contributed by atoms with van der Waals surface area (Å²) in [5.74, 6) is 1.58. The summed E-state index contributed by atoms with van der Waals surface area (Å²) < 4.78 is 0. The van der Waals surface area contributed by atoms with E-state index in [1.165, 1.54) is 6.42 Å². The lowest BCUT2D eigenvalue weighted by Gasteiger charge is -2.34. The molecule has 2 fully saturated rings. The van der Waals surface area contributed by atoms with Crippen LogP contribution in [0.25, 0.3) is 0 Å². The number of nitrogens with zero attached hydrogens (tertiary/aromatic N) is 2. The largest absolute Gasteiger partial charge is 0.342 e. The van der Waals surface area contributed by atoms with Crippen molar-refractivity contribution in [1.82, 2.24) is 20.7 Å². The topological polar surface area (TPSA) is 57.3 Å². The van der Waals surface area contributed by atoms with Crippen molar-refractivity contribution >= 4 is 5.91 Å². The third-order valence-corrected chi connectivity index (χ3v) is 5.33. The number of hydrogen-bond donors (Lipinski definition) is 2. The Morgan fingerprint density at radius 1 is 1.26 bits per heavy atom. The SMILES string of the molecule is CC(C)C1CC(C2CCN(C(=O)Cc3ccncc3)CC2)NN1. The first-order chi connectivity index (χ1) is 11.1. The first-order valence-corrected chi connectivity index (χ1v) is 8.81. The van der Waals surface area contributed by atoms with Crippen LogP contribution >= 0.6 is 0 Å². The van der Waals surface area contributed by atoms with Gasteiger partial charge in [0.15, 0.2) is 0 Å². The average molecular weight is 316 g/mol. The van der Waals surface area contributed by atoms with Crippen molar-refractivity contribution in [2.75, 3.05) is 13.1 Å². The van der Waals surface area contributed by atoms with Crippen LogP contribution in [0.15, 0.2) is 24.5 Å². The zero-order valence-corrected chi connectivity index (χ0v) is 14.2. The van der Waals surface area contributed by atoms with E-state index in [9.17, 15) is 4.79 Å². The number of aromatic nitrogens is 1. The highest BCUT2D eigenvalue weighted by Gasteiger charge is 2.34. The molecule has 5 nitrogen and oxygen atoms in total. The number of rotatable bonds is 4. The molecule has 1 amide bonds.